The van der Waals surface area contributed by atoms with Crippen LogP contribution in [0.5, 0.6) is 0 Å². The minimum absolute atomic E-state index is 1.17. The Morgan fingerprint density at radius 3 is 2.20 bits per heavy atom. The molecule has 0 nitrogen and oxygen atoms in total. The summed E-state index contributed by atoms with van der Waals surface area (Å²) in [5.41, 5.74) is 0. The molecule has 0 heteroatoms. The Hall–Kier alpha value is 0. The molecule has 0 aromatic heterocycles. The summed E-state index contributed by atoms with van der Waals surface area (Å²) in [6, 6.07) is 0. The van der Waals surface area contributed by atoms with Gasteiger partial charge in [0, 0.05) is 0 Å². The second-order valence-electron chi connectivity index (χ2n) is 4.06. The molecule has 0 amide bonds. The first-order valence-corrected chi connectivity index (χ1v) is 4.93. The van der Waals surface area contributed by atoms with Crippen molar-refractivity contribution in [2.45, 2.75) is 45.4 Å². The van der Waals surface area contributed by atoms with Gasteiger partial charge in [-0.1, -0.05) is 32.6 Å². The van der Waals surface area contributed by atoms with Crippen molar-refractivity contribution in [3.8, 4) is 0 Å². The van der Waals surface area contributed by atoms with E-state index in [0.29, 0.717) is 0 Å². The normalized spacial score (nSPS) is 44.7. The van der Waals surface area contributed by atoms with Gasteiger partial charge in [0.05, 0.1) is 0 Å². The third-order valence-electron chi connectivity index (χ3n) is 3.46. The van der Waals surface area contributed by atoms with Crippen LogP contribution in [0.3, 0.4) is 0 Å². The third kappa shape index (κ3) is 0.980. The van der Waals surface area contributed by atoms with E-state index in [1.807, 2.05) is 0 Å². The van der Waals surface area contributed by atoms with Crippen molar-refractivity contribution < 1.29 is 0 Å². The predicted molar refractivity (Wildman–Crippen MR) is 43.8 cm³/mol. The molecule has 2 unspecified atom stereocenters. The number of hydrogen-bond donors (Lipinski definition) is 0. The van der Waals surface area contributed by atoms with Gasteiger partial charge in [-0.05, 0) is 30.6 Å². The van der Waals surface area contributed by atoms with Gasteiger partial charge in [-0.15, -0.1) is 0 Å². The molecule has 0 N–H and O–H groups in total. The fraction of sp³-hybridized carbons (Fsp3) is 1.00. The highest BCUT2D eigenvalue weighted by Gasteiger charge is 2.49. The van der Waals surface area contributed by atoms with E-state index >= 15 is 0 Å². The van der Waals surface area contributed by atoms with E-state index in [1.165, 1.54) is 43.4 Å². The second-order valence-corrected chi connectivity index (χ2v) is 4.06. The smallest absolute Gasteiger partial charge is 0.0352 e. The topological polar surface area (TPSA) is 0 Å². The van der Waals surface area contributed by atoms with Gasteiger partial charge >= 0.3 is 0 Å². The molecule has 2 atom stereocenters. The van der Waals surface area contributed by atoms with E-state index in [0.717, 1.165) is 0 Å². The lowest BCUT2D eigenvalue weighted by Gasteiger charge is -2.05. The van der Waals surface area contributed by atoms with Crippen molar-refractivity contribution in [3.63, 3.8) is 0 Å². The average molecular weight is 138 g/mol. The maximum absolute atomic E-state index is 2.32. The highest BCUT2D eigenvalue weighted by molar-refractivity contribution is 4.98. The maximum atomic E-state index is 2.32. The molecule has 0 heterocycles. The molecule has 0 radical (unpaired) electrons. The monoisotopic (exact) mass is 138 g/mol. The molecule has 0 spiro atoms. The van der Waals surface area contributed by atoms with Crippen LogP contribution in [0, 0.1) is 17.8 Å². The van der Waals surface area contributed by atoms with Gasteiger partial charge in [0.25, 0.3) is 0 Å². The SMILES string of the molecule is CCCC1C2CCCCC12. The van der Waals surface area contributed by atoms with Crippen LogP contribution in [0.2, 0.25) is 0 Å². The zero-order valence-corrected chi connectivity index (χ0v) is 6.97. The lowest BCUT2D eigenvalue weighted by molar-refractivity contribution is 0.480. The largest absolute Gasteiger partial charge is 0.0654 e. The molecule has 2 aliphatic carbocycles. The predicted octanol–water partition coefficient (Wildman–Crippen LogP) is 3.22. The van der Waals surface area contributed by atoms with Crippen molar-refractivity contribution in [1.29, 1.82) is 0 Å². The van der Waals surface area contributed by atoms with E-state index < -0.39 is 0 Å². The van der Waals surface area contributed by atoms with Crippen LogP contribution in [-0.2, 0) is 0 Å². The van der Waals surface area contributed by atoms with Crippen LogP contribution in [0.4, 0.5) is 0 Å². The zero-order valence-electron chi connectivity index (χ0n) is 6.97. The Morgan fingerprint density at radius 2 is 1.70 bits per heavy atom. The maximum Gasteiger partial charge on any atom is -0.0352 e. The highest BCUT2D eigenvalue weighted by atomic mass is 14.5. The molecule has 0 bridgehead atoms. The third-order valence-corrected chi connectivity index (χ3v) is 3.46. The van der Waals surface area contributed by atoms with Gasteiger partial charge in [-0.3, -0.25) is 0 Å². The van der Waals surface area contributed by atoms with Crippen molar-refractivity contribution in [3.05, 3.63) is 0 Å². The molecule has 10 heavy (non-hydrogen) atoms. The summed E-state index contributed by atoms with van der Waals surface area (Å²) in [7, 11) is 0. The van der Waals surface area contributed by atoms with Gasteiger partial charge in [0.15, 0.2) is 0 Å². The summed E-state index contributed by atoms with van der Waals surface area (Å²) in [4.78, 5) is 0. The van der Waals surface area contributed by atoms with Crippen molar-refractivity contribution in [1.82, 2.24) is 0 Å². The van der Waals surface area contributed by atoms with Gasteiger partial charge in [0.1, 0.15) is 0 Å². The standard InChI is InChI=1S/C10H18/c1-2-5-8-9-6-3-4-7-10(8)9/h8-10H,2-7H2,1H3. The quantitative estimate of drug-likeness (QED) is 0.549. The Kier molecular flexibility index (Phi) is 1.71. The molecular weight excluding hydrogens is 120 g/mol. The zero-order chi connectivity index (χ0) is 6.97. The second kappa shape index (κ2) is 2.56. The van der Waals surface area contributed by atoms with E-state index in [1.54, 1.807) is 12.8 Å². The number of hydrogen-bond acceptors (Lipinski definition) is 0. The van der Waals surface area contributed by atoms with Gasteiger partial charge in [0.2, 0.25) is 0 Å². The molecule has 0 aliphatic heterocycles. The van der Waals surface area contributed by atoms with E-state index in [9.17, 15) is 0 Å². The van der Waals surface area contributed by atoms with Crippen LogP contribution in [0.15, 0.2) is 0 Å². The first kappa shape index (κ1) is 6.69. The summed E-state index contributed by atoms with van der Waals surface area (Å²) in [5.74, 6) is 3.55. The highest BCUT2D eigenvalue weighted by Crippen LogP contribution is 2.57. The molecule has 2 saturated carbocycles. The van der Waals surface area contributed by atoms with Crippen LogP contribution in [-0.4, -0.2) is 0 Å². The molecule has 2 aliphatic rings. The first-order valence-electron chi connectivity index (χ1n) is 4.93. The van der Waals surface area contributed by atoms with Crippen molar-refractivity contribution >= 4 is 0 Å². The minimum atomic E-state index is 1.17. The van der Waals surface area contributed by atoms with Gasteiger partial charge < -0.3 is 0 Å². The van der Waals surface area contributed by atoms with E-state index in [-0.39, 0.29) is 0 Å². The molecule has 2 rings (SSSR count). The minimum Gasteiger partial charge on any atom is -0.0654 e. The fourth-order valence-corrected chi connectivity index (χ4v) is 2.90. The van der Waals surface area contributed by atoms with E-state index in [4.69, 9.17) is 0 Å². The average Bonchev–Trinajstić information content (AvgIpc) is 2.66. The number of fused-ring (bicyclic) bond motifs is 1. The summed E-state index contributed by atoms with van der Waals surface area (Å²) in [5, 5.41) is 0. The van der Waals surface area contributed by atoms with Gasteiger partial charge in [-0.25, -0.2) is 0 Å². The molecule has 2 fully saturated rings. The molecule has 58 valence electrons. The van der Waals surface area contributed by atoms with Crippen molar-refractivity contribution in [2.75, 3.05) is 0 Å². The summed E-state index contributed by atoms with van der Waals surface area (Å²) in [6.45, 7) is 2.32. The molecular formula is C10H18. The van der Waals surface area contributed by atoms with Crippen LogP contribution in [0.1, 0.15) is 45.4 Å². The summed E-state index contributed by atoms with van der Waals surface area (Å²) in [6.07, 6.45) is 9.13. The van der Waals surface area contributed by atoms with Gasteiger partial charge in [-0.2, -0.15) is 0 Å². The van der Waals surface area contributed by atoms with E-state index in [2.05, 4.69) is 6.92 Å². The Morgan fingerprint density at radius 1 is 1.10 bits per heavy atom. The summed E-state index contributed by atoms with van der Waals surface area (Å²) < 4.78 is 0. The van der Waals surface area contributed by atoms with Crippen molar-refractivity contribution in [2.24, 2.45) is 17.8 Å². The first-order chi connectivity index (χ1) is 4.93. The summed E-state index contributed by atoms with van der Waals surface area (Å²) >= 11 is 0. The fourth-order valence-electron chi connectivity index (χ4n) is 2.90. The van der Waals surface area contributed by atoms with Crippen LogP contribution in [0.25, 0.3) is 0 Å². The lowest BCUT2D eigenvalue weighted by Crippen LogP contribution is -1.91. The number of rotatable bonds is 2. The Labute approximate surface area is 64.0 Å². The molecule has 0 saturated heterocycles. The van der Waals surface area contributed by atoms with Crippen LogP contribution >= 0.6 is 0 Å². The van der Waals surface area contributed by atoms with Crippen LogP contribution < -0.4 is 0 Å². The molecule has 0 aromatic carbocycles. The Balaban J connectivity index is 1.82. The molecule has 0 aromatic rings. The lowest BCUT2D eigenvalue weighted by atomic mass is 10.0. The Bertz CT molecular complexity index is 105.